The highest BCUT2D eigenvalue weighted by molar-refractivity contribution is 8.77. The second-order valence-corrected chi connectivity index (χ2v) is 20.5. The van der Waals surface area contributed by atoms with E-state index in [1.54, 1.807) is 0 Å². The molecular weight excluding hydrogens is 642 g/mol. The quantitative estimate of drug-likeness (QED) is 0.0400. The van der Waals surface area contributed by atoms with Gasteiger partial charge in [0, 0.05) is 11.4 Å². The van der Waals surface area contributed by atoms with Crippen LogP contribution in [0.3, 0.4) is 0 Å². The summed E-state index contributed by atoms with van der Waals surface area (Å²) in [5, 5.41) is 0.214. The number of halogens is 3. The van der Waals surface area contributed by atoms with Gasteiger partial charge in [-0.15, -0.1) is 11.3 Å². The summed E-state index contributed by atoms with van der Waals surface area (Å²) in [4.78, 5) is 31.6. The summed E-state index contributed by atoms with van der Waals surface area (Å²) < 4.78 is 77.2. The molecule has 1 amide bonds. The number of benzene rings is 1. The monoisotopic (exact) mass is 672 g/mol. The Morgan fingerprint density at radius 1 is 1.24 bits per heavy atom. The molecule has 2 heterocycles. The van der Waals surface area contributed by atoms with Gasteiger partial charge in [-0.25, -0.2) is 9.78 Å². The normalized spacial score (nSPS) is 18.2. The van der Waals surface area contributed by atoms with Crippen LogP contribution in [0.25, 0.3) is 10.2 Å². The highest BCUT2D eigenvalue weighted by atomic mass is 33.1. The zero-order valence-electron chi connectivity index (χ0n) is 23.6. The summed E-state index contributed by atoms with van der Waals surface area (Å²) in [6, 6.07) is 5.69. The predicted molar refractivity (Wildman–Crippen MR) is 156 cm³/mol. The number of amides is 1. The van der Waals surface area contributed by atoms with Gasteiger partial charge >= 0.3 is 21.6 Å². The van der Waals surface area contributed by atoms with Crippen LogP contribution in [0.15, 0.2) is 34.6 Å². The van der Waals surface area contributed by atoms with Crippen molar-refractivity contribution in [1.82, 2.24) is 9.88 Å². The molecular formula is C24H31F3N2O7S4Si. The number of esters is 1. The molecule has 0 spiro atoms. The number of carbonyl (C=O) groups excluding carboxylic acids is 2. The molecule has 2 aromatic rings. The molecule has 1 aliphatic rings. The lowest BCUT2D eigenvalue weighted by atomic mass is 10.1. The van der Waals surface area contributed by atoms with Crippen molar-refractivity contribution in [3.8, 4) is 0 Å². The first-order valence-electron chi connectivity index (χ1n) is 12.2. The molecule has 2 atom stereocenters. The van der Waals surface area contributed by atoms with Crippen molar-refractivity contribution >= 4 is 73.5 Å². The van der Waals surface area contributed by atoms with Gasteiger partial charge in [0.15, 0.2) is 14.0 Å². The molecule has 9 nitrogen and oxygen atoms in total. The average molecular weight is 673 g/mol. The lowest BCUT2D eigenvalue weighted by molar-refractivity contribution is -0.146. The SMILES string of the molecule is COC(=O)C(=C(C)OS(=O)(=O)C(F)(F)F)N1C[C@H](SSc2cccc3sc([C@@H](C)O[Si](C)(C)C(C)(C)C)nc23)C1=O. The molecule has 1 aromatic carbocycles. The first-order chi connectivity index (χ1) is 18.7. The number of likely N-dealkylation sites (tertiary alicyclic amines) is 1. The number of hydrogen-bond donors (Lipinski definition) is 0. The number of methoxy groups -OCH3 is 1. The highest BCUT2D eigenvalue weighted by Crippen LogP contribution is 2.45. The van der Waals surface area contributed by atoms with Gasteiger partial charge in [-0.05, 0) is 44.1 Å². The summed E-state index contributed by atoms with van der Waals surface area (Å²) >= 11 is 1.53. The maximum Gasteiger partial charge on any atom is 0.534 e. The van der Waals surface area contributed by atoms with Gasteiger partial charge in [-0.2, -0.15) is 21.6 Å². The number of rotatable bonds is 10. The van der Waals surface area contributed by atoms with Crippen LogP contribution in [-0.4, -0.2) is 62.9 Å². The van der Waals surface area contributed by atoms with Crippen molar-refractivity contribution in [1.29, 1.82) is 0 Å². The molecule has 17 heteroatoms. The van der Waals surface area contributed by atoms with Crippen LogP contribution >= 0.6 is 32.9 Å². The lowest BCUT2D eigenvalue weighted by Crippen LogP contribution is -2.55. The molecule has 228 valence electrons. The van der Waals surface area contributed by atoms with E-state index in [-0.39, 0.29) is 17.7 Å². The maximum atomic E-state index is 12.9. The fraction of sp³-hybridized carbons (Fsp3) is 0.542. The van der Waals surface area contributed by atoms with Gasteiger partial charge in [-0.3, -0.25) is 4.79 Å². The number of fused-ring (bicyclic) bond motifs is 1. The topological polar surface area (TPSA) is 112 Å². The molecule has 1 aliphatic heterocycles. The van der Waals surface area contributed by atoms with Crippen LogP contribution in [0, 0.1) is 0 Å². The molecule has 0 aliphatic carbocycles. The minimum atomic E-state index is -6.05. The number of ether oxygens (including phenoxy) is 1. The van der Waals surface area contributed by atoms with Crippen LogP contribution in [0.1, 0.15) is 45.7 Å². The Bertz CT molecular complexity index is 1470. The first kappa shape index (κ1) is 33.7. The van der Waals surface area contributed by atoms with Gasteiger partial charge in [-0.1, -0.05) is 48.4 Å². The third kappa shape index (κ3) is 7.23. The fourth-order valence-electron chi connectivity index (χ4n) is 3.42. The van der Waals surface area contributed by atoms with E-state index in [0.717, 1.165) is 39.1 Å². The fourth-order valence-corrected chi connectivity index (χ4v) is 8.90. The second-order valence-electron chi connectivity index (χ2n) is 10.7. The van der Waals surface area contributed by atoms with E-state index in [0.29, 0.717) is 0 Å². The van der Waals surface area contributed by atoms with Crippen molar-refractivity contribution in [2.24, 2.45) is 0 Å². The Labute approximate surface area is 249 Å². The number of carbonyl (C=O) groups is 2. The summed E-state index contributed by atoms with van der Waals surface area (Å²) in [6.45, 7) is 13.6. The molecule has 0 N–H and O–H groups in total. The van der Waals surface area contributed by atoms with E-state index < -0.39 is 52.5 Å². The van der Waals surface area contributed by atoms with Crippen molar-refractivity contribution in [3.05, 3.63) is 34.7 Å². The number of allylic oxidation sites excluding steroid dienone is 1. The van der Waals surface area contributed by atoms with E-state index >= 15 is 0 Å². The van der Waals surface area contributed by atoms with Gasteiger partial charge in [0.2, 0.25) is 5.91 Å². The Morgan fingerprint density at radius 2 is 1.88 bits per heavy atom. The van der Waals surface area contributed by atoms with Crippen LogP contribution in [0.4, 0.5) is 13.2 Å². The molecule has 1 aromatic heterocycles. The van der Waals surface area contributed by atoms with Crippen molar-refractivity contribution in [3.63, 3.8) is 0 Å². The van der Waals surface area contributed by atoms with Gasteiger partial charge < -0.3 is 18.2 Å². The molecule has 0 radical (unpaired) electrons. The van der Waals surface area contributed by atoms with E-state index in [4.69, 9.17) is 9.41 Å². The minimum Gasteiger partial charge on any atom is -0.464 e. The van der Waals surface area contributed by atoms with E-state index in [1.807, 2.05) is 25.1 Å². The molecule has 3 rings (SSSR count). The molecule has 1 fully saturated rings. The smallest absolute Gasteiger partial charge is 0.464 e. The van der Waals surface area contributed by atoms with Crippen molar-refractivity contribution in [2.45, 2.75) is 74.5 Å². The number of alkyl halides is 3. The van der Waals surface area contributed by atoms with Crippen molar-refractivity contribution < 1.29 is 44.5 Å². The van der Waals surface area contributed by atoms with Crippen LogP contribution < -0.4 is 0 Å². The van der Waals surface area contributed by atoms with E-state index in [1.165, 1.54) is 32.9 Å². The Kier molecular flexibility index (Phi) is 9.92. The molecule has 0 unspecified atom stereocenters. The van der Waals surface area contributed by atoms with Gasteiger partial charge in [0.05, 0.1) is 23.4 Å². The molecule has 41 heavy (non-hydrogen) atoms. The highest BCUT2D eigenvalue weighted by Gasteiger charge is 2.50. The second kappa shape index (κ2) is 12.1. The number of aromatic nitrogens is 1. The van der Waals surface area contributed by atoms with E-state index in [9.17, 15) is 31.2 Å². The number of thiazole rings is 1. The largest absolute Gasteiger partial charge is 0.534 e. The summed E-state index contributed by atoms with van der Waals surface area (Å²) in [5.41, 5.74) is -5.67. The Hall–Kier alpha value is -1.79. The molecule has 0 bridgehead atoms. The van der Waals surface area contributed by atoms with Crippen LogP contribution in [0.2, 0.25) is 18.1 Å². The number of hydrogen-bond acceptors (Lipinski definition) is 11. The number of β-lactam (4-membered cyclic amide) rings is 1. The summed E-state index contributed by atoms with van der Waals surface area (Å²) in [7, 11) is -4.63. The van der Waals surface area contributed by atoms with Crippen LogP contribution in [-0.2, 0) is 33.1 Å². The standard InChI is InChI=1S/C24H31F3N2O7S4Si/c1-13(35-40(32,33)24(25,26)27)19(22(31)34-6)29-12-17(21(29)30)39-38-16-11-9-10-15-18(16)28-20(37-15)14(2)36-41(7,8)23(3,4)5/h9-11,14,17H,12H2,1-8H3/t14-,17+/m1/s1. The maximum absolute atomic E-state index is 12.9. The van der Waals surface area contributed by atoms with Gasteiger partial charge in [0.25, 0.3) is 0 Å². The summed E-state index contributed by atoms with van der Waals surface area (Å²) in [6.07, 6.45) is -0.198. The predicted octanol–water partition coefficient (Wildman–Crippen LogP) is 6.60. The first-order valence-corrected chi connectivity index (χ1v) is 19.6. The van der Waals surface area contributed by atoms with Crippen molar-refractivity contribution in [2.75, 3.05) is 13.7 Å². The number of para-hydroxylation sites is 1. The average Bonchev–Trinajstić information content (AvgIpc) is 3.28. The Balaban J connectivity index is 1.74. The van der Waals surface area contributed by atoms with E-state index in [2.05, 4.69) is 42.8 Å². The number of nitrogens with zero attached hydrogens (tertiary/aromatic N) is 2. The molecule has 0 saturated carbocycles. The third-order valence-electron chi connectivity index (χ3n) is 6.67. The lowest BCUT2D eigenvalue weighted by Gasteiger charge is -2.38. The van der Waals surface area contributed by atoms with Crippen LogP contribution in [0.5, 0.6) is 0 Å². The summed E-state index contributed by atoms with van der Waals surface area (Å²) in [5.74, 6) is -2.75. The third-order valence-corrected chi connectivity index (χ3v) is 16.2. The van der Waals surface area contributed by atoms with Gasteiger partial charge in [0.1, 0.15) is 16.0 Å². The Morgan fingerprint density at radius 3 is 2.41 bits per heavy atom. The zero-order chi connectivity index (χ0) is 31.1. The molecule has 1 saturated heterocycles. The minimum absolute atomic E-state index is 0.0406. The zero-order valence-corrected chi connectivity index (χ0v) is 27.9.